The summed E-state index contributed by atoms with van der Waals surface area (Å²) < 4.78 is 5.83. The molecule has 0 rings (SSSR count). The van der Waals surface area contributed by atoms with E-state index in [9.17, 15) is 19.8 Å². The molecule has 3 N–H and O–H groups in total. The van der Waals surface area contributed by atoms with Gasteiger partial charge in [0.05, 0.1) is 25.2 Å². The number of rotatable bonds is 47. The summed E-state index contributed by atoms with van der Waals surface area (Å²) in [5, 5.41) is 23.7. The molecule has 1 amide bonds. The van der Waals surface area contributed by atoms with Gasteiger partial charge in [-0.05, 0) is 83.1 Å². The summed E-state index contributed by atoms with van der Waals surface area (Å²) >= 11 is 0. The van der Waals surface area contributed by atoms with Crippen molar-refractivity contribution < 1.29 is 24.5 Å². The fourth-order valence-electron chi connectivity index (χ4n) is 7.66. The fraction of sp³-hybridized carbons (Fsp3) is 0.724. The van der Waals surface area contributed by atoms with Crippen LogP contribution in [0.25, 0.3) is 0 Å². The second-order valence-corrected chi connectivity index (χ2v) is 17.9. The SMILES string of the molecule is CC/C=C\C/C=C\C/C=C\C/C=C\C/C=C\C/C=C\C(CC(=O)NC(CO)C(O)CCCCCCCCCCCC)OC(=O)CCCCCCC/C=C/CCCCCCCCCCC. The van der Waals surface area contributed by atoms with E-state index in [2.05, 4.69) is 99.0 Å². The predicted octanol–water partition coefficient (Wildman–Crippen LogP) is 16.3. The van der Waals surface area contributed by atoms with Crippen LogP contribution in [0.5, 0.6) is 0 Å². The number of hydrogen-bond donors (Lipinski definition) is 3. The summed E-state index contributed by atoms with van der Waals surface area (Å²) in [5.74, 6) is -0.642. The van der Waals surface area contributed by atoms with E-state index in [-0.39, 0.29) is 24.9 Å². The van der Waals surface area contributed by atoms with Crippen LogP contribution in [-0.4, -0.2) is 46.9 Å². The number of nitrogens with one attached hydrogen (secondary N) is 1. The van der Waals surface area contributed by atoms with E-state index in [0.29, 0.717) is 19.3 Å². The zero-order chi connectivity index (χ0) is 46.7. The molecule has 3 atom stereocenters. The Morgan fingerprint density at radius 2 is 0.875 bits per heavy atom. The van der Waals surface area contributed by atoms with Gasteiger partial charge in [-0.1, -0.05) is 235 Å². The van der Waals surface area contributed by atoms with Crippen LogP contribution in [0.15, 0.2) is 85.1 Å². The third-order valence-electron chi connectivity index (χ3n) is 11.7. The zero-order valence-corrected chi connectivity index (χ0v) is 41.9. The normalized spacial score (nSPS) is 13.9. The summed E-state index contributed by atoms with van der Waals surface area (Å²) in [5.41, 5.74) is 0. The Balaban J connectivity index is 4.75. The largest absolute Gasteiger partial charge is 0.458 e. The lowest BCUT2D eigenvalue weighted by atomic mass is 10.0. The van der Waals surface area contributed by atoms with Crippen LogP contribution in [0.2, 0.25) is 0 Å². The first-order valence-corrected chi connectivity index (χ1v) is 26.8. The summed E-state index contributed by atoms with van der Waals surface area (Å²) in [6.07, 6.45) is 66.8. The van der Waals surface area contributed by atoms with Crippen LogP contribution in [0.3, 0.4) is 0 Å². The maximum Gasteiger partial charge on any atom is 0.306 e. The topological polar surface area (TPSA) is 95.9 Å². The van der Waals surface area contributed by atoms with Gasteiger partial charge in [0, 0.05) is 6.42 Å². The number of amides is 1. The average Bonchev–Trinajstić information content (AvgIpc) is 3.29. The Labute approximate surface area is 395 Å². The predicted molar refractivity (Wildman–Crippen MR) is 278 cm³/mol. The number of carbonyl (C=O) groups is 2. The van der Waals surface area contributed by atoms with Crippen LogP contribution < -0.4 is 5.32 Å². The van der Waals surface area contributed by atoms with Crippen molar-refractivity contribution in [3.05, 3.63) is 85.1 Å². The van der Waals surface area contributed by atoms with Crippen molar-refractivity contribution in [2.24, 2.45) is 0 Å². The number of hydrogen-bond acceptors (Lipinski definition) is 5. The first-order chi connectivity index (χ1) is 31.5. The van der Waals surface area contributed by atoms with E-state index in [1.807, 2.05) is 6.08 Å². The van der Waals surface area contributed by atoms with Crippen molar-refractivity contribution in [3.8, 4) is 0 Å². The molecule has 0 bridgehead atoms. The third kappa shape index (κ3) is 45.6. The smallest absolute Gasteiger partial charge is 0.306 e. The average molecular weight is 892 g/mol. The van der Waals surface area contributed by atoms with Crippen LogP contribution in [0.4, 0.5) is 0 Å². The molecule has 6 nitrogen and oxygen atoms in total. The maximum absolute atomic E-state index is 13.2. The number of ether oxygens (including phenoxy) is 1. The van der Waals surface area contributed by atoms with Crippen molar-refractivity contribution in [2.75, 3.05) is 6.61 Å². The van der Waals surface area contributed by atoms with Gasteiger partial charge in [0.15, 0.2) is 0 Å². The Bertz CT molecular complexity index is 1230. The quantitative estimate of drug-likeness (QED) is 0.0321. The second-order valence-electron chi connectivity index (χ2n) is 17.9. The molecule has 0 aromatic carbocycles. The molecule has 0 radical (unpaired) electrons. The minimum absolute atomic E-state index is 0.0535. The second kappa shape index (κ2) is 51.0. The van der Waals surface area contributed by atoms with Gasteiger partial charge in [0.25, 0.3) is 0 Å². The van der Waals surface area contributed by atoms with Gasteiger partial charge in [0.1, 0.15) is 6.10 Å². The third-order valence-corrected chi connectivity index (χ3v) is 11.7. The standard InChI is InChI=1S/C58H101NO5/c1-4-7-10-13-16-19-22-24-26-28-30-32-34-36-39-42-45-48-51-58(63)64-54(49-46-43-40-37-35-33-31-29-27-25-23-20-17-14-11-8-5-2)52-57(62)59-55(53-60)56(61)50-47-44-41-38-21-18-15-12-9-6-3/h8,11,17,20,25,27,30-33,37,40,46,49,54-56,60-61H,4-7,9-10,12-16,18-19,21-24,26,28-29,34-36,38-39,41-45,47-48,50-53H2,1-3H3,(H,59,62)/b11-8-,20-17-,27-25-,32-30+,33-31-,40-37-,49-46-. The van der Waals surface area contributed by atoms with Gasteiger partial charge in [-0.15, -0.1) is 0 Å². The van der Waals surface area contributed by atoms with E-state index in [1.165, 1.54) is 116 Å². The Morgan fingerprint density at radius 3 is 1.31 bits per heavy atom. The Kier molecular flexibility index (Phi) is 48.7. The monoisotopic (exact) mass is 892 g/mol. The number of allylic oxidation sites excluding steroid dienone is 13. The molecule has 0 aliphatic heterocycles. The van der Waals surface area contributed by atoms with Crippen molar-refractivity contribution >= 4 is 11.9 Å². The van der Waals surface area contributed by atoms with Crippen LogP contribution in [-0.2, 0) is 14.3 Å². The van der Waals surface area contributed by atoms with Gasteiger partial charge >= 0.3 is 5.97 Å². The summed E-state index contributed by atoms with van der Waals surface area (Å²) in [6.45, 7) is 6.32. The molecule has 0 aromatic rings. The van der Waals surface area contributed by atoms with E-state index in [0.717, 1.165) is 83.5 Å². The molecule has 6 heteroatoms. The molecular weight excluding hydrogens is 791 g/mol. The van der Waals surface area contributed by atoms with Crippen LogP contribution in [0.1, 0.15) is 245 Å². The van der Waals surface area contributed by atoms with Gasteiger partial charge in [-0.25, -0.2) is 0 Å². The number of aliphatic hydroxyl groups is 2. The van der Waals surface area contributed by atoms with E-state index in [1.54, 1.807) is 6.08 Å². The van der Waals surface area contributed by atoms with Crippen molar-refractivity contribution in [1.29, 1.82) is 0 Å². The summed E-state index contributed by atoms with van der Waals surface area (Å²) in [7, 11) is 0. The number of carbonyl (C=O) groups excluding carboxylic acids is 2. The maximum atomic E-state index is 13.2. The number of esters is 1. The lowest BCUT2D eigenvalue weighted by Gasteiger charge is -2.23. The molecule has 0 fully saturated rings. The van der Waals surface area contributed by atoms with Crippen molar-refractivity contribution in [3.63, 3.8) is 0 Å². The highest BCUT2D eigenvalue weighted by molar-refractivity contribution is 5.78. The fourth-order valence-corrected chi connectivity index (χ4v) is 7.66. The highest BCUT2D eigenvalue weighted by Crippen LogP contribution is 2.15. The molecule has 0 saturated carbocycles. The van der Waals surface area contributed by atoms with Crippen LogP contribution in [0, 0.1) is 0 Å². The lowest BCUT2D eigenvalue weighted by molar-refractivity contribution is -0.148. The molecule has 0 aliphatic rings. The zero-order valence-electron chi connectivity index (χ0n) is 41.9. The molecule has 368 valence electrons. The van der Waals surface area contributed by atoms with E-state index in [4.69, 9.17) is 4.74 Å². The minimum Gasteiger partial charge on any atom is -0.458 e. The van der Waals surface area contributed by atoms with Crippen molar-refractivity contribution in [2.45, 2.75) is 264 Å². The molecule has 3 unspecified atom stereocenters. The Morgan fingerprint density at radius 1 is 0.484 bits per heavy atom. The molecular formula is C58H101NO5. The highest BCUT2D eigenvalue weighted by atomic mass is 16.5. The molecule has 0 saturated heterocycles. The highest BCUT2D eigenvalue weighted by Gasteiger charge is 2.23. The first-order valence-electron chi connectivity index (χ1n) is 26.8. The number of unbranched alkanes of at least 4 members (excludes halogenated alkanes) is 23. The molecule has 0 heterocycles. The van der Waals surface area contributed by atoms with Crippen LogP contribution >= 0.6 is 0 Å². The molecule has 64 heavy (non-hydrogen) atoms. The minimum atomic E-state index is -0.824. The lowest BCUT2D eigenvalue weighted by Crippen LogP contribution is -2.46. The van der Waals surface area contributed by atoms with Gasteiger partial charge in [-0.2, -0.15) is 0 Å². The van der Waals surface area contributed by atoms with Crippen molar-refractivity contribution in [1.82, 2.24) is 5.32 Å². The van der Waals surface area contributed by atoms with E-state index >= 15 is 0 Å². The van der Waals surface area contributed by atoms with E-state index < -0.39 is 18.2 Å². The first kappa shape index (κ1) is 61.0. The molecule has 0 aliphatic carbocycles. The molecule has 0 spiro atoms. The van der Waals surface area contributed by atoms with Gasteiger partial charge in [-0.3, -0.25) is 9.59 Å². The van der Waals surface area contributed by atoms with Gasteiger partial charge < -0.3 is 20.3 Å². The number of aliphatic hydroxyl groups excluding tert-OH is 2. The summed E-state index contributed by atoms with van der Waals surface area (Å²) in [4.78, 5) is 26.1. The summed E-state index contributed by atoms with van der Waals surface area (Å²) in [6, 6.07) is -0.747. The molecule has 0 aromatic heterocycles. The van der Waals surface area contributed by atoms with Gasteiger partial charge in [0.2, 0.25) is 5.91 Å². The Hall–Kier alpha value is -2.96.